The second kappa shape index (κ2) is 15.0. The zero-order chi connectivity index (χ0) is 28.1. The Bertz CT molecular complexity index is 1080. The average molecular weight is 528 g/mol. The number of carbonyl (C=O) groups excluding carboxylic acids is 3. The molecule has 0 saturated carbocycles. The Hall–Kier alpha value is -3.55. The van der Waals surface area contributed by atoms with Gasteiger partial charge in [0, 0.05) is 18.4 Å². The van der Waals surface area contributed by atoms with Gasteiger partial charge >= 0.3 is 5.97 Å². The van der Waals surface area contributed by atoms with Crippen molar-refractivity contribution in [3.8, 4) is 17.2 Å². The van der Waals surface area contributed by atoms with E-state index in [-0.39, 0.29) is 18.1 Å². The number of nitrogens with one attached hydrogen (secondary N) is 1. The third-order valence-corrected chi connectivity index (χ3v) is 6.71. The third kappa shape index (κ3) is 9.39. The molecule has 0 aromatic heterocycles. The third-order valence-electron chi connectivity index (χ3n) is 6.71. The largest absolute Gasteiger partial charge is 0.508 e. The number of ether oxygens (including phenoxy) is 3. The van der Waals surface area contributed by atoms with Gasteiger partial charge in [0.15, 0.2) is 11.5 Å². The van der Waals surface area contributed by atoms with Crippen LogP contribution in [-0.4, -0.2) is 43.5 Å². The quantitative estimate of drug-likeness (QED) is 0.173. The number of hydrogen-bond acceptors (Lipinski definition) is 7. The molecule has 2 aromatic rings. The molecular weight excluding hydrogens is 486 g/mol. The van der Waals surface area contributed by atoms with Crippen LogP contribution in [0, 0.1) is 5.41 Å². The number of rotatable bonds is 16. The van der Waals surface area contributed by atoms with Crippen LogP contribution in [0.25, 0.3) is 0 Å². The number of unbranched alkanes of at least 4 members (excludes halogenated alkanes) is 2. The monoisotopic (exact) mass is 527 g/mol. The van der Waals surface area contributed by atoms with Crippen molar-refractivity contribution in [1.82, 2.24) is 5.32 Å². The van der Waals surface area contributed by atoms with Crippen LogP contribution < -0.4 is 14.8 Å². The molecule has 1 amide bonds. The smallest absolute Gasteiger partial charge is 0.306 e. The van der Waals surface area contributed by atoms with Crippen molar-refractivity contribution in [1.29, 1.82) is 0 Å². The first kappa shape index (κ1) is 30.7. The van der Waals surface area contributed by atoms with Gasteiger partial charge in [-0.25, -0.2) is 0 Å². The highest BCUT2D eigenvalue weighted by Gasteiger charge is 2.30. The molecular formula is C30H41NO7. The summed E-state index contributed by atoms with van der Waals surface area (Å²) in [7, 11) is 3.17. The Morgan fingerprint density at radius 1 is 0.974 bits per heavy atom. The van der Waals surface area contributed by atoms with E-state index in [1.54, 1.807) is 46.3 Å². The fourth-order valence-corrected chi connectivity index (χ4v) is 3.89. The predicted octanol–water partition coefficient (Wildman–Crippen LogP) is 5.31. The van der Waals surface area contributed by atoms with Crippen molar-refractivity contribution >= 4 is 17.7 Å². The van der Waals surface area contributed by atoms with Crippen molar-refractivity contribution < 1.29 is 33.7 Å². The first-order valence-corrected chi connectivity index (χ1v) is 13.1. The van der Waals surface area contributed by atoms with Crippen LogP contribution in [0.3, 0.4) is 0 Å². The lowest BCUT2D eigenvalue weighted by molar-refractivity contribution is -0.150. The number of carbonyl (C=O) groups is 3. The number of ketones is 1. The highest BCUT2D eigenvalue weighted by Crippen LogP contribution is 2.31. The van der Waals surface area contributed by atoms with Gasteiger partial charge in [0.05, 0.1) is 14.2 Å². The Kier molecular flexibility index (Phi) is 12.1. The second-order valence-electron chi connectivity index (χ2n) is 9.93. The van der Waals surface area contributed by atoms with Crippen LogP contribution in [0.1, 0.15) is 76.5 Å². The molecule has 2 aromatic carbocycles. The highest BCUT2D eigenvalue weighted by atomic mass is 16.5. The van der Waals surface area contributed by atoms with Crippen molar-refractivity contribution in [2.45, 2.75) is 71.8 Å². The summed E-state index contributed by atoms with van der Waals surface area (Å²) in [6.07, 6.45) is 3.44. The average Bonchev–Trinajstić information content (AvgIpc) is 2.91. The fourth-order valence-electron chi connectivity index (χ4n) is 3.89. The number of aromatic hydroxyl groups is 1. The topological polar surface area (TPSA) is 111 Å². The molecule has 8 nitrogen and oxygen atoms in total. The van der Waals surface area contributed by atoms with E-state index in [0.29, 0.717) is 56.6 Å². The van der Waals surface area contributed by atoms with Crippen LogP contribution in [-0.2, 0) is 25.5 Å². The number of esters is 1. The summed E-state index contributed by atoms with van der Waals surface area (Å²) in [4.78, 5) is 36.8. The molecule has 38 heavy (non-hydrogen) atoms. The van der Waals surface area contributed by atoms with Crippen LogP contribution in [0.4, 0.5) is 0 Å². The summed E-state index contributed by atoms with van der Waals surface area (Å²) < 4.78 is 16.5. The molecule has 0 heterocycles. The minimum absolute atomic E-state index is 0.109. The molecule has 0 fully saturated rings. The number of phenols is 1. The standard InChI is InChI=1S/C30H41NO7/c1-6-30(2,3)28(34)29(35)31-18-9-7-8-13-27(33)38-24(22-11-10-12-23(32)20-22)16-14-21-15-17-25(36-4)26(19-21)37-5/h10-12,15,17,19-20,24,32H,6-9,13-14,16,18H2,1-5H3,(H,31,35)/t24-/m1/s1. The number of phenolic OH excluding ortho intramolecular Hbond substituents is 1. The molecule has 0 saturated heterocycles. The van der Waals surface area contributed by atoms with E-state index in [0.717, 1.165) is 11.1 Å². The zero-order valence-electron chi connectivity index (χ0n) is 23.2. The van der Waals surface area contributed by atoms with Gasteiger partial charge in [-0.1, -0.05) is 45.4 Å². The maximum atomic E-state index is 12.6. The molecule has 208 valence electrons. The Balaban J connectivity index is 1.86. The zero-order valence-corrected chi connectivity index (χ0v) is 23.2. The molecule has 0 radical (unpaired) electrons. The predicted molar refractivity (Wildman–Crippen MR) is 145 cm³/mol. The van der Waals surface area contributed by atoms with Gasteiger partial charge in [-0.3, -0.25) is 14.4 Å². The number of methoxy groups -OCH3 is 2. The lowest BCUT2D eigenvalue weighted by Gasteiger charge is -2.20. The summed E-state index contributed by atoms with van der Waals surface area (Å²) >= 11 is 0. The molecule has 0 aliphatic carbocycles. The normalized spacial score (nSPS) is 11.9. The van der Waals surface area contributed by atoms with Gasteiger partial charge in [0.25, 0.3) is 5.91 Å². The van der Waals surface area contributed by atoms with E-state index < -0.39 is 23.2 Å². The summed E-state index contributed by atoms with van der Waals surface area (Å²) in [6, 6.07) is 12.4. The molecule has 1 atom stereocenters. The number of aryl methyl sites for hydroxylation is 1. The number of hydrogen-bond donors (Lipinski definition) is 2. The van der Waals surface area contributed by atoms with E-state index >= 15 is 0 Å². The van der Waals surface area contributed by atoms with Crippen molar-refractivity contribution in [2.75, 3.05) is 20.8 Å². The first-order valence-electron chi connectivity index (χ1n) is 13.1. The van der Waals surface area contributed by atoms with Crippen molar-refractivity contribution in [3.63, 3.8) is 0 Å². The van der Waals surface area contributed by atoms with Crippen LogP contribution >= 0.6 is 0 Å². The van der Waals surface area contributed by atoms with Gasteiger partial charge < -0.3 is 24.6 Å². The maximum Gasteiger partial charge on any atom is 0.306 e. The van der Waals surface area contributed by atoms with Crippen LogP contribution in [0.15, 0.2) is 42.5 Å². The van der Waals surface area contributed by atoms with Crippen molar-refractivity contribution in [2.24, 2.45) is 5.41 Å². The van der Waals surface area contributed by atoms with Gasteiger partial charge in [0.1, 0.15) is 11.9 Å². The van der Waals surface area contributed by atoms with Gasteiger partial charge in [-0.05, 0) is 67.5 Å². The molecule has 2 N–H and O–H groups in total. The number of Topliss-reactive ketones (excluding diaryl/α,β-unsaturated/α-hetero) is 1. The maximum absolute atomic E-state index is 12.6. The van der Waals surface area contributed by atoms with E-state index in [1.807, 2.05) is 31.2 Å². The summed E-state index contributed by atoms with van der Waals surface area (Å²) in [5.41, 5.74) is 1.06. The minimum atomic E-state index is -0.667. The van der Waals surface area contributed by atoms with E-state index in [4.69, 9.17) is 14.2 Å². The molecule has 2 rings (SSSR count). The summed E-state index contributed by atoms with van der Waals surface area (Å²) in [6.45, 7) is 5.79. The van der Waals surface area contributed by atoms with Gasteiger partial charge in [-0.15, -0.1) is 0 Å². The van der Waals surface area contributed by atoms with E-state index in [2.05, 4.69) is 5.32 Å². The Labute approximate surface area is 225 Å². The number of benzene rings is 2. The molecule has 0 aliphatic heterocycles. The highest BCUT2D eigenvalue weighted by molar-refractivity contribution is 6.37. The fraction of sp³-hybridized carbons (Fsp3) is 0.500. The summed E-state index contributed by atoms with van der Waals surface area (Å²) in [5.74, 6) is 0.0927. The lowest BCUT2D eigenvalue weighted by Crippen LogP contribution is -2.39. The summed E-state index contributed by atoms with van der Waals surface area (Å²) in [5, 5.41) is 12.6. The van der Waals surface area contributed by atoms with Gasteiger partial charge in [0.2, 0.25) is 5.78 Å². The number of amides is 1. The Morgan fingerprint density at radius 2 is 1.71 bits per heavy atom. The second-order valence-corrected chi connectivity index (χ2v) is 9.93. The molecule has 0 spiro atoms. The first-order chi connectivity index (χ1) is 18.1. The molecule has 0 bridgehead atoms. The van der Waals surface area contributed by atoms with Crippen LogP contribution in [0.2, 0.25) is 0 Å². The van der Waals surface area contributed by atoms with E-state index in [1.165, 1.54) is 0 Å². The Morgan fingerprint density at radius 3 is 2.37 bits per heavy atom. The molecule has 8 heteroatoms. The molecule has 0 unspecified atom stereocenters. The van der Waals surface area contributed by atoms with Crippen molar-refractivity contribution in [3.05, 3.63) is 53.6 Å². The lowest BCUT2D eigenvalue weighted by atomic mass is 9.85. The minimum Gasteiger partial charge on any atom is -0.508 e. The van der Waals surface area contributed by atoms with E-state index in [9.17, 15) is 19.5 Å². The van der Waals surface area contributed by atoms with Gasteiger partial charge in [-0.2, -0.15) is 0 Å². The SMILES string of the molecule is CCC(C)(C)C(=O)C(=O)NCCCCCC(=O)O[C@H](CCc1ccc(OC)c(OC)c1)c1cccc(O)c1. The molecule has 0 aliphatic rings. The van der Waals surface area contributed by atoms with Crippen LogP contribution in [0.5, 0.6) is 17.2 Å².